The average molecular weight is 878 g/mol. The third kappa shape index (κ3) is 16.7. The van der Waals surface area contributed by atoms with Crippen LogP contribution in [0.15, 0.2) is 36.7 Å². The third-order valence-electron chi connectivity index (χ3n) is 9.49. The van der Waals surface area contributed by atoms with Crippen molar-refractivity contribution < 1.29 is 55.0 Å². The Bertz CT molecular complexity index is 1930. The van der Waals surface area contributed by atoms with Gasteiger partial charge in [0.25, 0.3) is 0 Å². The lowest BCUT2D eigenvalue weighted by atomic mass is 9.94. The molecule has 0 saturated carbocycles. The summed E-state index contributed by atoms with van der Waals surface area (Å²) in [6.45, 7) is 1.25. The average Bonchev–Trinajstić information content (AvgIpc) is 3.18. The van der Waals surface area contributed by atoms with E-state index in [1.165, 1.54) is 0 Å². The van der Waals surface area contributed by atoms with Gasteiger partial charge in [-0.3, -0.25) is 24.6 Å². The zero-order valence-electron chi connectivity index (χ0n) is 34.5. The second-order valence-corrected chi connectivity index (χ2v) is 14.9. The van der Waals surface area contributed by atoms with Gasteiger partial charge in [-0.15, -0.1) is 0 Å². The Morgan fingerprint density at radius 3 is 1.31 bits per heavy atom. The Balaban J connectivity index is 1.94. The van der Waals surface area contributed by atoms with Gasteiger partial charge < -0.3 is 32.1 Å². The zero-order valence-corrected chi connectivity index (χ0v) is 34.5. The van der Waals surface area contributed by atoms with Gasteiger partial charge in [0.1, 0.15) is 54.0 Å². The summed E-state index contributed by atoms with van der Waals surface area (Å²) in [6, 6.07) is 3.96. The van der Waals surface area contributed by atoms with E-state index in [1.807, 2.05) is 0 Å². The number of amidine groups is 1. The van der Waals surface area contributed by atoms with Crippen LogP contribution in [-0.2, 0) is 47.6 Å². The Kier molecular flexibility index (Phi) is 19.8. The molecule has 3 rings (SSSR count). The van der Waals surface area contributed by atoms with Gasteiger partial charge in [0.2, 0.25) is 0 Å². The van der Waals surface area contributed by atoms with Crippen LogP contribution in [0.4, 0.5) is 26.3 Å². The number of alkyl halides is 6. The van der Waals surface area contributed by atoms with Crippen molar-refractivity contribution in [3.63, 3.8) is 0 Å². The van der Waals surface area contributed by atoms with Gasteiger partial charge in [0.15, 0.2) is 11.6 Å². The lowest BCUT2D eigenvalue weighted by Gasteiger charge is -2.19. The molecule has 1 aromatic heterocycles. The number of hydrogen-bond acceptors (Lipinski definition) is 12. The van der Waals surface area contributed by atoms with Crippen molar-refractivity contribution in [1.82, 2.24) is 9.97 Å². The highest BCUT2D eigenvalue weighted by Gasteiger charge is 2.35. The summed E-state index contributed by atoms with van der Waals surface area (Å²) in [6.07, 6.45) is -6.89. The van der Waals surface area contributed by atoms with Crippen molar-refractivity contribution >= 4 is 34.7 Å². The van der Waals surface area contributed by atoms with E-state index in [0.717, 1.165) is 30.6 Å². The van der Waals surface area contributed by atoms with Gasteiger partial charge in [0, 0.05) is 86.0 Å². The fraction of sp³-hybridized carbons (Fsp3) is 0.488. The lowest BCUT2D eigenvalue weighted by Crippen LogP contribution is -2.18. The molecule has 0 fully saturated rings. The van der Waals surface area contributed by atoms with Crippen molar-refractivity contribution in [3.8, 4) is 11.5 Å². The minimum atomic E-state index is -4.88. The Morgan fingerprint density at radius 1 is 0.581 bits per heavy atom. The topological polar surface area (TPSA) is 238 Å². The van der Waals surface area contributed by atoms with Gasteiger partial charge in [0.05, 0.1) is 17.0 Å². The number of nitrogens with zero attached hydrogens (tertiary/aromatic N) is 2. The van der Waals surface area contributed by atoms with Crippen molar-refractivity contribution in [1.29, 1.82) is 10.8 Å². The molecule has 0 unspecified atom stereocenters. The van der Waals surface area contributed by atoms with E-state index in [9.17, 15) is 45.5 Å². The summed E-state index contributed by atoms with van der Waals surface area (Å²) in [5.74, 6) is -2.77. The van der Waals surface area contributed by atoms with Crippen molar-refractivity contribution in [3.05, 3.63) is 81.4 Å². The highest BCUT2D eigenvalue weighted by molar-refractivity contribution is 6.01. The van der Waals surface area contributed by atoms with Crippen LogP contribution in [0, 0.1) is 10.8 Å². The third-order valence-corrected chi connectivity index (χ3v) is 9.49. The molecule has 3 aromatic rings. The van der Waals surface area contributed by atoms with Crippen LogP contribution in [0.2, 0.25) is 0 Å². The Labute approximate surface area is 355 Å². The highest BCUT2D eigenvalue weighted by atomic mass is 19.4. The summed E-state index contributed by atoms with van der Waals surface area (Å²) < 4.78 is 96.4. The summed E-state index contributed by atoms with van der Waals surface area (Å²) in [7, 11) is 0. The molecule has 1 heterocycles. The fourth-order valence-corrected chi connectivity index (χ4v) is 6.55. The maximum Gasteiger partial charge on any atom is 0.416 e. The second kappa shape index (κ2) is 24.2. The Hall–Kier alpha value is -5.56. The van der Waals surface area contributed by atoms with Crippen LogP contribution >= 0.6 is 0 Å². The smallest absolute Gasteiger partial charge is 0.416 e. The highest BCUT2D eigenvalue weighted by Crippen LogP contribution is 2.38. The van der Waals surface area contributed by atoms with Gasteiger partial charge in [-0.05, 0) is 69.4 Å². The van der Waals surface area contributed by atoms with Crippen molar-refractivity contribution in [2.45, 2.75) is 109 Å². The standard InChI is InChI=1S/C43H53F6N7O6/c1-26(52)8-4-2-5-9-33(57)20-27-16-31(42(44,45)46)18-29(40(27)61-14-12-50)22-37(59)35-24-36(56-25-55-35)38(60)23-30-19-32(43(47,48)49)17-28(41(30)62-15-13-51)21-34(58)10-6-3-7-11-39(53)54/h16-19,24-25,52H,2-15,20-23,50-51H2,1H3,(H3,53,54). The SMILES string of the molecule is CC(=N)CCCCCC(=O)Cc1cc(C(F)(F)F)cc(CC(=O)c2cc(C(=O)Cc3cc(C(F)(F)F)cc(CC(=O)CCCCCC(=N)N)c3OCCN)ncn2)c1OCCN. The molecule has 0 amide bonds. The number of halogens is 6. The fourth-order valence-electron chi connectivity index (χ4n) is 6.55. The summed E-state index contributed by atoms with van der Waals surface area (Å²) in [4.78, 5) is 61.1. The monoisotopic (exact) mass is 877 g/mol. The van der Waals surface area contributed by atoms with E-state index in [1.54, 1.807) is 6.92 Å². The molecule has 8 N–H and O–H groups in total. The van der Waals surface area contributed by atoms with Gasteiger partial charge in [-0.2, -0.15) is 26.3 Å². The molecule has 0 radical (unpaired) electrons. The predicted molar refractivity (Wildman–Crippen MR) is 219 cm³/mol. The number of rotatable bonds is 28. The van der Waals surface area contributed by atoms with E-state index in [0.29, 0.717) is 63.1 Å². The predicted octanol–water partition coefficient (Wildman–Crippen LogP) is 7.14. The van der Waals surface area contributed by atoms with E-state index in [-0.39, 0.29) is 84.5 Å². The van der Waals surface area contributed by atoms with Crippen LogP contribution in [0.1, 0.15) is 125 Å². The maximum absolute atomic E-state index is 14.2. The molecule has 19 heteroatoms. The van der Waals surface area contributed by atoms with Crippen molar-refractivity contribution in [2.24, 2.45) is 17.2 Å². The molecule has 0 spiro atoms. The van der Waals surface area contributed by atoms with Gasteiger partial charge >= 0.3 is 12.4 Å². The summed E-state index contributed by atoms with van der Waals surface area (Å²) in [5, 5.41) is 14.8. The zero-order chi connectivity index (χ0) is 46.0. The van der Waals surface area contributed by atoms with Gasteiger partial charge in [-0.25, -0.2) is 9.97 Å². The minimum absolute atomic E-state index is 0.000119. The quantitative estimate of drug-likeness (QED) is 0.0162. The molecule has 0 bridgehead atoms. The first-order chi connectivity index (χ1) is 29.2. The normalized spacial score (nSPS) is 11.6. The first-order valence-corrected chi connectivity index (χ1v) is 20.1. The lowest BCUT2D eigenvalue weighted by molar-refractivity contribution is -0.138. The molecule has 0 atom stereocenters. The van der Waals surface area contributed by atoms with Crippen LogP contribution in [0.25, 0.3) is 0 Å². The van der Waals surface area contributed by atoms with Crippen LogP contribution in [-0.4, -0.2) is 71.0 Å². The van der Waals surface area contributed by atoms with E-state index < -0.39 is 77.9 Å². The summed E-state index contributed by atoms with van der Waals surface area (Å²) >= 11 is 0. The largest absolute Gasteiger partial charge is 0.492 e. The Morgan fingerprint density at radius 2 is 0.952 bits per heavy atom. The number of benzene rings is 2. The van der Waals surface area contributed by atoms with Crippen LogP contribution in [0.5, 0.6) is 11.5 Å². The molecule has 62 heavy (non-hydrogen) atoms. The number of ether oxygens (including phenoxy) is 2. The number of Topliss-reactive ketones (excluding diaryl/α,β-unsaturated/α-hetero) is 4. The number of unbranched alkanes of at least 4 members (excludes halogenated alkanes) is 4. The number of hydrogen-bond donors (Lipinski definition) is 5. The number of aromatic nitrogens is 2. The molecule has 0 aliphatic rings. The molecule has 0 saturated heterocycles. The number of nitrogens with one attached hydrogen (secondary N) is 2. The molecule has 2 aromatic carbocycles. The van der Waals surface area contributed by atoms with Gasteiger partial charge in [-0.1, -0.05) is 12.8 Å². The van der Waals surface area contributed by atoms with Crippen molar-refractivity contribution in [2.75, 3.05) is 26.3 Å². The van der Waals surface area contributed by atoms with E-state index in [2.05, 4.69) is 9.97 Å². The van der Waals surface area contributed by atoms with Crippen LogP contribution in [0.3, 0.4) is 0 Å². The molecule has 338 valence electrons. The van der Waals surface area contributed by atoms with Crippen LogP contribution < -0.4 is 26.7 Å². The van der Waals surface area contributed by atoms with E-state index >= 15 is 0 Å². The number of ketones is 4. The maximum atomic E-state index is 14.2. The minimum Gasteiger partial charge on any atom is -0.492 e. The number of carbonyl (C=O) groups is 4. The number of nitrogens with two attached hydrogens (primary N) is 3. The molecular weight excluding hydrogens is 825 g/mol. The second-order valence-electron chi connectivity index (χ2n) is 14.9. The van der Waals surface area contributed by atoms with E-state index in [4.69, 9.17) is 37.5 Å². The molecule has 0 aliphatic carbocycles. The first kappa shape index (κ1) is 50.8. The molecule has 0 aliphatic heterocycles. The molecule has 13 nitrogen and oxygen atoms in total. The first-order valence-electron chi connectivity index (χ1n) is 20.1. The molecular formula is C43H53F6N7O6. The summed E-state index contributed by atoms with van der Waals surface area (Å²) in [5.41, 5.74) is 13.3. The number of carbonyl (C=O) groups excluding carboxylic acids is 4.